The highest BCUT2D eigenvalue weighted by Gasteiger charge is 2.00. The predicted molar refractivity (Wildman–Crippen MR) is 91.6 cm³/mol. The third-order valence-corrected chi connectivity index (χ3v) is 3.40. The summed E-state index contributed by atoms with van der Waals surface area (Å²) in [6, 6.07) is 24.2. The van der Waals surface area contributed by atoms with E-state index in [1.165, 1.54) is 5.56 Å². The number of hydrogen-bond donors (Lipinski definition) is 0. The molecule has 0 spiro atoms. The first-order valence-electron chi connectivity index (χ1n) is 7.20. The van der Waals surface area contributed by atoms with Gasteiger partial charge in [0, 0.05) is 5.56 Å². The standard InChI is InChI=1S/C20H17NO/c1-22-19-14-11-17(12-15-19)20-9-5-8-18(21-20)13-10-16-6-3-2-4-7-16/h2-15H,1H3/b13-10+. The second-order valence-corrected chi connectivity index (χ2v) is 4.92. The van der Waals surface area contributed by atoms with Crippen LogP contribution < -0.4 is 4.74 Å². The molecule has 108 valence electrons. The van der Waals surface area contributed by atoms with Crippen LogP contribution in [0.1, 0.15) is 11.3 Å². The quantitative estimate of drug-likeness (QED) is 0.679. The van der Waals surface area contributed by atoms with Crippen molar-refractivity contribution in [1.29, 1.82) is 0 Å². The fraction of sp³-hybridized carbons (Fsp3) is 0.0500. The zero-order valence-electron chi connectivity index (χ0n) is 12.4. The van der Waals surface area contributed by atoms with E-state index in [0.717, 1.165) is 22.7 Å². The number of hydrogen-bond acceptors (Lipinski definition) is 2. The summed E-state index contributed by atoms with van der Waals surface area (Å²) < 4.78 is 5.18. The summed E-state index contributed by atoms with van der Waals surface area (Å²) >= 11 is 0. The van der Waals surface area contributed by atoms with E-state index in [0.29, 0.717) is 0 Å². The van der Waals surface area contributed by atoms with Gasteiger partial charge in [0.2, 0.25) is 0 Å². The highest BCUT2D eigenvalue weighted by molar-refractivity contribution is 5.69. The van der Waals surface area contributed by atoms with Gasteiger partial charge in [-0.25, -0.2) is 4.98 Å². The Balaban J connectivity index is 1.84. The van der Waals surface area contributed by atoms with Crippen molar-refractivity contribution in [2.24, 2.45) is 0 Å². The van der Waals surface area contributed by atoms with Crippen LogP contribution in [0.3, 0.4) is 0 Å². The topological polar surface area (TPSA) is 22.1 Å². The van der Waals surface area contributed by atoms with Crippen LogP contribution in [-0.2, 0) is 0 Å². The normalized spacial score (nSPS) is 10.8. The summed E-state index contributed by atoms with van der Waals surface area (Å²) in [6.45, 7) is 0. The van der Waals surface area contributed by atoms with Crippen LogP contribution in [0, 0.1) is 0 Å². The van der Waals surface area contributed by atoms with E-state index in [9.17, 15) is 0 Å². The number of nitrogens with zero attached hydrogens (tertiary/aromatic N) is 1. The number of benzene rings is 2. The number of methoxy groups -OCH3 is 1. The molecule has 0 saturated carbocycles. The summed E-state index contributed by atoms with van der Waals surface area (Å²) in [5, 5.41) is 0. The summed E-state index contributed by atoms with van der Waals surface area (Å²) in [7, 11) is 1.67. The van der Waals surface area contributed by atoms with Crippen molar-refractivity contribution in [3.05, 3.63) is 84.1 Å². The van der Waals surface area contributed by atoms with Gasteiger partial charge in [0.05, 0.1) is 18.5 Å². The molecule has 0 N–H and O–H groups in total. The molecule has 0 fully saturated rings. The molecule has 2 heteroatoms. The average Bonchev–Trinajstić information content (AvgIpc) is 2.61. The molecular weight excluding hydrogens is 270 g/mol. The van der Waals surface area contributed by atoms with Crippen molar-refractivity contribution in [3.8, 4) is 17.0 Å². The molecule has 0 aliphatic carbocycles. The first-order valence-corrected chi connectivity index (χ1v) is 7.20. The van der Waals surface area contributed by atoms with Crippen LogP contribution in [0.25, 0.3) is 23.4 Å². The van der Waals surface area contributed by atoms with Gasteiger partial charge in [-0.2, -0.15) is 0 Å². The van der Waals surface area contributed by atoms with Crippen LogP contribution in [0.15, 0.2) is 72.8 Å². The predicted octanol–water partition coefficient (Wildman–Crippen LogP) is 4.93. The summed E-state index contributed by atoms with van der Waals surface area (Å²) in [6.07, 6.45) is 4.10. The third kappa shape index (κ3) is 3.41. The van der Waals surface area contributed by atoms with E-state index < -0.39 is 0 Å². The van der Waals surface area contributed by atoms with Crippen molar-refractivity contribution in [1.82, 2.24) is 4.98 Å². The molecule has 0 atom stereocenters. The second-order valence-electron chi connectivity index (χ2n) is 4.92. The SMILES string of the molecule is COc1ccc(-c2cccc(/C=C/c3ccccc3)n2)cc1. The van der Waals surface area contributed by atoms with E-state index in [2.05, 4.69) is 23.2 Å². The average molecular weight is 287 g/mol. The molecule has 2 aromatic carbocycles. The molecule has 0 aliphatic rings. The smallest absolute Gasteiger partial charge is 0.118 e. The van der Waals surface area contributed by atoms with Gasteiger partial charge >= 0.3 is 0 Å². The summed E-state index contributed by atoms with van der Waals surface area (Å²) in [4.78, 5) is 4.69. The monoisotopic (exact) mass is 287 g/mol. The Labute approximate surface area is 130 Å². The molecule has 1 heterocycles. The minimum atomic E-state index is 0.851. The van der Waals surface area contributed by atoms with Crippen molar-refractivity contribution in [2.45, 2.75) is 0 Å². The minimum Gasteiger partial charge on any atom is -0.497 e. The van der Waals surface area contributed by atoms with Crippen LogP contribution >= 0.6 is 0 Å². The number of aromatic nitrogens is 1. The van der Waals surface area contributed by atoms with Crippen LogP contribution in [0.2, 0.25) is 0 Å². The van der Waals surface area contributed by atoms with Crippen LogP contribution in [0.5, 0.6) is 5.75 Å². The Morgan fingerprint density at radius 2 is 1.55 bits per heavy atom. The highest BCUT2D eigenvalue weighted by atomic mass is 16.5. The molecule has 3 rings (SSSR count). The first-order chi connectivity index (χ1) is 10.8. The fourth-order valence-corrected chi connectivity index (χ4v) is 2.21. The van der Waals surface area contributed by atoms with Gasteiger partial charge in [0.25, 0.3) is 0 Å². The van der Waals surface area contributed by atoms with E-state index in [-0.39, 0.29) is 0 Å². The lowest BCUT2D eigenvalue weighted by atomic mass is 10.1. The number of ether oxygens (including phenoxy) is 1. The van der Waals surface area contributed by atoms with Gasteiger partial charge in [-0.05, 0) is 48.0 Å². The van der Waals surface area contributed by atoms with Gasteiger partial charge in [-0.3, -0.25) is 0 Å². The zero-order chi connectivity index (χ0) is 15.2. The maximum Gasteiger partial charge on any atom is 0.118 e. The Kier molecular flexibility index (Phi) is 4.30. The lowest BCUT2D eigenvalue weighted by Gasteiger charge is -2.04. The maximum atomic E-state index is 5.18. The molecule has 3 aromatic rings. The number of rotatable bonds is 4. The Bertz CT molecular complexity index is 761. The fourth-order valence-electron chi connectivity index (χ4n) is 2.21. The largest absolute Gasteiger partial charge is 0.497 e. The Morgan fingerprint density at radius 1 is 0.773 bits per heavy atom. The van der Waals surface area contributed by atoms with Crippen LogP contribution in [0.4, 0.5) is 0 Å². The van der Waals surface area contributed by atoms with Gasteiger partial charge in [-0.15, -0.1) is 0 Å². The van der Waals surface area contributed by atoms with Crippen molar-refractivity contribution >= 4 is 12.2 Å². The Hall–Kier alpha value is -2.87. The molecule has 0 radical (unpaired) electrons. The third-order valence-electron chi connectivity index (χ3n) is 3.40. The molecule has 0 amide bonds. The van der Waals surface area contributed by atoms with E-state index in [4.69, 9.17) is 4.74 Å². The molecule has 2 nitrogen and oxygen atoms in total. The lowest BCUT2D eigenvalue weighted by molar-refractivity contribution is 0.415. The maximum absolute atomic E-state index is 5.18. The van der Waals surface area contributed by atoms with Gasteiger partial charge < -0.3 is 4.74 Å². The van der Waals surface area contributed by atoms with E-state index >= 15 is 0 Å². The van der Waals surface area contributed by atoms with Gasteiger partial charge in [-0.1, -0.05) is 42.5 Å². The molecule has 1 aromatic heterocycles. The van der Waals surface area contributed by atoms with E-state index in [1.54, 1.807) is 7.11 Å². The van der Waals surface area contributed by atoms with E-state index in [1.807, 2.05) is 66.7 Å². The number of pyridine rings is 1. The highest BCUT2D eigenvalue weighted by Crippen LogP contribution is 2.21. The van der Waals surface area contributed by atoms with Crippen molar-refractivity contribution in [2.75, 3.05) is 7.11 Å². The minimum absolute atomic E-state index is 0.851. The summed E-state index contributed by atoms with van der Waals surface area (Å²) in [5.74, 6) is 0.851. The second kappa shape index (κ2) is 6.72. The van der Waals surface area contributed by atoms with Crippen molar-refractivity contribution in [3.63, 3.8) is 0 Å². The molecule has 0 bridgehead atoms. The van der Waals surface area contributed by atoms with Gasteiger partial charge in [0.1, 0.15) is 5.75 Å². The molecule has 0 unspecified atom stereocenters. The molecule has 0 aliphatic heterocycles. The zero-order valence-corrected chi connectivity index (χ0v) is 12.4. The van der Waals surface area contributed by atoms with Crippen LogP contribution in [-0.4, -0.2) is 12.1 Å². The first kappa shape index (κ1) is 14.1. The lowest BCUT2D eigenvalue weighted by Crippen LogP contribution is -1.87. The molecular formula is C20H17NO. The van der Waals surface area contributed by atoms with Crippen molar-refractivity contribution < 1.29 is 4.74 Å². The Morgan fingerprint density at radius 3 is 2.27 bits per heavy atom. The molecule has 22 heavy (non-hydrogen) atoms. The molecule has 0 saturated heterocycles. The summed E-state index contributed by atoms with van der Waals surface area (Å²) in [5.41, 5.74) is 4.14. The van der Waals surface area contributed by atoms with Gasteiger partial charge in [0.15, 0.2) is 0 Å².